The van der Waals surface area contributed by atoms with Crippen LogP contribution in [0.5, 0.6) is 5.75 Å². The van der Waals surface area contributed by atoms with Crippen LogP contribution < -0.4 is 15.8 Å². The van der Waals surface area contributed by atoms with Crippen molar-refractivity contribution in [3.05, 3.63) is 52.2 Å². The van der Waals surface area contributed by atoms with E-state index in [9.17, 15) is 14.4 Å². The van der Waals surface area contributed by atoms with Gasteiger partial charge in [0.05, 0.1) is 7.11 Å². The number of nitrogens with two attached hydrogens (primary N) is 1. The number of alkyl halides is 1. The number of amides is 2. The van der Waals surface area contributed by atoms with Gasteiger partial charge in [0, 0.05) is 17.0 Å². The molecule has 4 rings (SSSR count). The molecule has 1 aromatic carbocycles. The first-order valence-electron chi connectivity index (χ1n) is 11.1. The number of thiazole rings is 1. The predicted octanol–water partition coefficient (Wildman–Crippen LogP) is 2.11. The van der Waals surface area contributed by atoms with Crippen LogP contribution in [0.15, 0.2) is 46.1 Å². The summed E-state index contributed by atoms with van der Waals surface area (Å²) in [5, 5.41) is 7.86. The number of halogens is 1. The molecular weight excluding hydrogens is 542 g/mol. The number of esters is 1. The Morgan fingerprint density at radius 2 is 2.08 bits per heavy atom. The standard InChI is InChI=1S/C23H24ClN5O6S2/c1-3-35-28-16(15-11-37-23(25)26-15)19(30)27-17-20(31)29-18(13(8-24)10-36-21(17)29)22(32)34-9-12-4-6-14(33-2)7-5-12/h4-7,11,17,21H,3,8-10H2,1-2H3,(H2,25,26)(H,27,30)/b28-16-/t17-,21-/m1/s1. The average molecular weight is 566 g/mol. The molecule has 14 heteroatoms. The summed E-state index contributed by atoms with van der Waals surface area (Å²) in [7, 11) is 1.56. The van der Waals surface area contributed by atoms with Crippen molar-refractivity contribution >= 4 is 63.3 Å². The molecule has 2 aliphatic rings. The van der Waals surface area contributed by atoms with Crippen LogP contribution in [0.3, 0.4) is 0 Å². The van der Waals surface area contributed by atoms with E-state index >= 15 is 0 Å². The molecule has 0 aliphatic carbocycles. The lowest BCUT2D eigenvalue weighted by molar-refractivity contribution is -0.153. The number of carbonyl (C=O) groups is 3. The monoisotopic (exact) mass is 565 g/mol. The number of nitrogen functional groups attached to an aromatic ring is 1. The highest BCUT2D eigenvalue weighted by molar-refractivity contribution is 8.00. The summed E-state index contributed by atoms with van der Waals surface area (Å²) in [6.07, 6.45) is 0. The Bertz CT molecular complexity index is 1250. The molecule has 0 saturated carbocycles. The number of thioether (sulfide) groups is 1. The van der Waals surface area contributed by atoms with E-state index in [1.807, 2.05) is 0 Å². The minimum atomic E-state index is -0.887. The Labute approximate surface area is 226 Å². The number of methoxy groups -OCH3 is 1. The minimum Gasteiger partial charge on any atom is -0.497 e. The topological polar surface area (TPSA) is 145 Å². The number of rotatable bonds is 10. The second-order valence-electron chi connectivity index (χ2n) is 7.80. The summed E-state index contributed by atoms with van der Waals surface area (Å²) >= 11 is 8.63. The first-order valence-corrected chi connectivity index (χ1v) is 13.6. The molecule has 0 unspecified atom stereocenters. The van der Waals surface area contributed by atoms with Crippen LogP contribution in [0.25, 0.3) is 0 Å². The molecule has 0 spiro atoms. The number of nitrogens with zero attached hydrogens (tertiary/aromatic N) is 3. The zero-order valence-electron chi connectivity index (χ0n) is 19.9. The molecule has 2 aromatic rings. The summed E-state index contributed by atoms with van der Waals surface area (Å²) in [6, 6.07) is 6.19. The molecule has 196 valence electrons. The van der Waals surface area contributed by atoms with Crippen molar-refractivity contribution in [2.24, 2.45) is 5.16 Å². The smallest absolute Gasteiger partial charge is 0.355 e. The quantitative estimate of drug-likeness (QED) is 0.145. The largest absolute Gasteiger partial charge is 0.497 e. The van der Waals surface area contributed by atoms with Gasteiger partial charge in [-0.25, -0.2) is 9.78 Å². The molecule has 3 heterocycles. The van der Waals surface area contributed by atoms with Crippen molar-refractivity contribution in [3.63, 3.8) is 0 Å². The fraction of sp³-hybridized carbons (Fsp3) is 0.348. The van der Waals surface area contributed by atoms with E-state index in [1.54, 1.807) is 43.7 Å². The van der Waals surface area contributed by atoms with Crippen LogP contribution in [0, 0.1) is 0 Å². The lowest BCUT2D eigenvalue weighted by atomic mass is 10.0. The molecule has 1 fully saturated rings. The maximum atomic E-state index is 13.1. The Morgan fingerprint density at radius 1 is 1.32 bits per heavy atom. The molecule has 37 heavy (non-hydrogen) atoms. The summed E-state index contributed by atoms with van der Waals surface area (Å²) in [6.45, 7) is 1.96. The third-order valence-electron chi connectivity index (χ3n) is 5.48. The van der Waals surface area contributed by atoms with Gasteiger partial charge in [0.15, 0.2) is 10.8 Å². The maximum absolute atomic E-state index is 13.1. The number of hydrogen-bond acceptors (Lipinski definition) is 11. The highest BCUT2D eigenvalue weighted by Crippen LogP contribution is 2.41. The first-order chi connectivity index (χ1) is 17.9. The summed E-state index contributed by atoms with van der Waals surface area (Å²) in [4.78, 5) is 49.6. The number of fused-ring (bicyclic) bond motifs is 1. The van der Waals surface area contributed by atoms with Crippen LogP contribution in [0.2, 0.25) is 0 Å². The van der Waals surface area contributed by atoms with E-state index in [-0.39, 0.29) is 41.3 Å². The van der Waals surface area contributed by atoms with Gasteiger partial charge in [0.25, 0.3) is 11.8 Å². The Hall–Kier alpha value is -3.29. The highest BCUT2D eigenvalue weighted by atomic mass is 35.5. The molecule has 1 aromatic heterocycles. The summed E-state index contributed by atoms with van der Waals surface area (Å²) < 4.78 is 10.6. The molecule has 0 radical (unpaired) electrons. The number of benzene rings is 1. The first kappa shape index (κ1) is 26.8. The van der Waals surface area contributed by atoms with Crippen LogP contribution in [-0.2, 0) is 30.6 Å². The minimum absolute atomic E-state index is 0.00984. The number of aromatic nitrogens is 1. The average Bonchev–Trinajstić information content (AvgIpc) is 3.35. The van der Waals surface area contributed by atoms with Crippen LogP contribution in [0.1, 0.15) is 18.2 Å². The van der Waals surface area contributed by atoms with Crippen molar-refractivity contribution < 1.29 is 28.7 Å². The number of oxime groups is 1. The highest BCUT2D eigenvalue weighted by Gasteiger charge is 2.54. The van der Waals surface area contributed by atoms with E-state index in [0.29, 0.717) is 17.1 Å². The number of ether oxygens (including phenoxy) is 2. The van der Waals surface area contributed by atoms with Crippen LogP contribution >= 0.6 is 34.7 Å². The Kier molecular flexibility index (Phi) is 8.56. The summed E-state index contributed by atoms with van der Waals surface area (Å²) in [5.74, 6) is -0.622. The zero-order valence-corrected chi connectivity index (χ0v) is 22.3. The van der Waals surface area contributed by atoms with Crippen LogP contribution in [-0.4, -0.2) is 70.1 Å². The molecule has 0 bridgehead atoms. The third kappa shape index (κ3) is 5.68. The molecule has 11 nitrogen and oxygen atoms in total. The lowest BCUT2D eigenvalue weighted by Gasteiger charge is -2.49. The number of nitrogens with one attached hydrogen (secondary N) is 1. The third-order valence-corrected chi connectivity index (χ3v) is 7.82. The number of hydrogen-bond donors (Lipinski definition) is 2. The molecule has 2 aliphatic heterocycles. The fourth-order valence-electron chi connectivity index (χ4n) is 3.65. The van der Waals surface area contributed by atoms with E-state index in [1.165, 1.54) is 16.7 Å². The van der Waals surface area contributed by atoms with E-state index < -0.39 is 29.2 Å². The maximum Gasteiger partial charge on any atom is 0.355 e. The van der Waals surface area contributed by atoms with Gasteiger partial charge in [-0.1, -0.05) is 17.3 Å². The van der Waals surface area contributed by atoms with Crippen molar-refractivity contribution in [3.8, 4) is 5.75 Å². The molecule has 2 amide bonds. The predicted molar refractivity (Wildman–Crippen MR) is 140 cm³/mol. The van der Waals surface area contributed by atoms with Gasteiger partial charge >= 0.3 is 5.97 Å². The van der Waals surface area contributed by atoms with E-state index in [0.717, 1.165) is 16.9 Å². The van der Waals surface area contributed by atoms with Gasteiger partial charge < -0.3 is 25.4 Å². The number of anilines is 1. The van der Waals surface area contributed by atoms with Crippen molar-refractivity contribution in [1.82, 2.24) is 15.2 Å². The van der Waals surface area contributed by atoms with Gasteiger partial charge in [0.2, 0.25) is 0 Å². The van der Waals surface area contributed by atoms with Gasteiger partial charge in [-0.3, -0.25) is 14.5 Å². The SMILES string of the molecule is CCO/N=C(\C(=O)N[C@@H]1C(=O)N2C(C(=O)OCc3ccc(OC)cc3)=C(CCl)CS[C@H]12)c1csc(N)n1. The lowest BCUT2D eigenvalue weighted by Crippen LogP contribution is -2.71. The van der Waals surface area contributed by atoms with Crippen molar-refractivity contribution in [1.29, 1.82) is 0 Å². The Morgan fingerprint density at radius 3 is 2.70 bits per heavy atom. The van der Waals surface area contributed by atoms with Crippen molar-refractivity contribution in [2.45, 2.75) is 24.9 Å². The number of β-lactam (4-membered cyclic amide) rings is 1. The molecule has 2 atom stereocenters. The number of carbonyl (C=O) groups excluding carboxylic acids is 3. The fourth-order valence-corrected chi connectivity index (χ4v) is 5.88. The van der Waals surface area contributed by atoms with Gasteiger partial charge in [-0.15, -0.1) is 34.7 Å². The summed E-state index contributed by atoms with van der Waals surface area (Å²) in [5.41, 5.74) is 7.27. The second kappa shape index (κ2) is 11.8. The molecule has 1 saturated heterocycles. The molecule has 3 N–H and O–H groups in total. The van der Waals surface area contributed by atoms with E-state index in [4.69, 9.17) is 31.6 Å². The van der Waals surface area contributed by atoms with Crippen molar-refractivity contribution in [2.75, 3.05) is 31.1 Å². The molecular formula is C23H24ClN5O6S2. The van der Waals surface area contributed by atoms with Gasteiger partial charge in [0.1, 0.15) is 41.8 Å². The van der Waals surface area contributed by atoms with Gasteiger partial charge in [-0.2, -0.15) is 0 Å². The second-order valence-corrected chi connectivity index (χ2v) is 10.1. The van der Waals surface area contributed by atoms with E-state index in [2.05, 4.69) is 15.5 Å². The van der Waals surface area contributed by atoms with Gasteiger partial charge in [-0.05, 0) is 30.2 Å². The Balaban J connectivity index is 1.46. The normalized spacial score (nSPS) is 19.2. The zero-order chi connectivity index (χ0) is 26.5. The van der Waals surface area contributed by atoms with Crippen LogP contribution in [0.4, 0.5) is 5.13 Å².